The van der Waals surface area contributed by atoms with E-state index < -0.39 is 35.9 Å². The lowest BCUT2D eigenvalue weighted by molar-refractivity contribution is -0.125. The van der Waals surface area contributed by atoms with Crippen molar-refractivity contribution >= 4 is 0 Å². The van der Waals surface area contributed by atoms with Gasteiger partial charge in [-0.3, -0.25) is 0 Å². The standard InChI is InChI=1S/C10H9F4N/c11-6-1-2-7(8(12)3-6)9(15)4-10(13,14)5-9/h1-3H,4-5,15H2. The summed E-state index contributed by atoms with van der Waals surface area (Å²) in [6.45, 7) is 0. The molecule has 0 radical (unpaired) electrons. The summed E-state index contributed by atoms with van der Waals surface area (Å²) in [6, 6.07) is 2.80. The Morgan fingerprint density at radius 3 is 2.20 bits per heavy atom. The molecule has 0 spiro atoms. The maximum Gasteiger partial charge on any atom is 0.252 e. The quantitative estimate of drug-likeness (QED) is 0.721. The first-order valence-corrected chi connectivity index (χ1v) is 4.45. The van der Waals surface area contributed by atoms with E-state index in [1.54, 1.807) is 0 Å². The highest BCUT2D eigenvalue weighted by Crippen LogP contribution is 2.50. The van der Waals surface area contributed by atoms with Gasteiger partial charge in [-0.25, -0.2) is 17.6 Å². The number of alkyl halides is 2. The van der Waals surface area contributed by atoms with Crippen LogP contribution >= 0.6 is 0 Å². The molecule has 0 unspecified atom stereocenters. The van der Waals surface area contributed by atoms with Gasteiger partial charge in [0, 0.05) is 24.5 Å². The Bertz CT molecular complexity index is 394. The topological polar surface area (TPSA) is 26.0 Å². The van der Waals surface area contributed by atoms with Crippen molar-refractivity contribution in [3.8, 4) is 0 Å². The lowest BCUT2D eigenvalue weighted by atomic mass is 9.69. The van der Waals surface area contributed by atoms with Crippen LogP contribution < -0.4 is 5.73 Å². The van der Waals surface area contributed by atoms with Crippen molar-refractivity contribution in [1.82, 2.24) is 0 Å². The largest absolute Gasteiger partial charge is 0.321 e. The van der Waals surface area contributed by atoms with Crippen LogP contribution in [0.4, 0.5) is 17.6 Å². The van der Waals surface area contributed by atoms with Crippen molar-refractivity contribution in [2.24, 2.45) is 5.73 Å². The summed E-state index contributed by atoms with van der Waals surface area (Å²) in [7, 11) is 0. The molecule has 0 aromatic heterocycles. The van der Waals surface area contributed by atoms with Crippen molar-refractivity contribution in [3.63, 3.8) is 0 Å². The molecule has 2 N–H and O–H groups in total. The predicted molar refractivity (Wildman–Crippen MR) is 46.4 cm³/mol. The summed E-state index contributed by atoms with van der Waals surface area (Å²) in [5.41, 5.74) is 4.20. The highest BCUT2D eigenvalue weighted by Gasteiger charge is 2.56. The zero-order valence-corrected chi connectivity index (χ0v) is 7.74. The third-order valence-corrected chi connectivity index (χ3v) is 2.62. The number of rotatable bonds is 1. The minimum atomic E-state index is -2.84. The number of halogens is 4. The Hall–Kier alpha value is -1.10. The van der Waals surface area contributed by atoms with Gasteiger partial charge in [-0.2, -0.15) is 0 Å². The van der Waals surface area contributed by atoms with E-state index in [0.29, 0.717) is 6.07 Å². The van der Waals surface area contributed by atoms with Gasteiger partial charge < -0.3 is 5.73 Å². The fourth-order valence-corrected chi connectivity index (χ4v) is 1.95. The van der Waals surface area contributed by atoms with E-state index in [1.807, 2.05) is 0 Å². The number of nitrogens with two attached hydrogens (primary N) is 1. The van der Waals surface area contributed by atoms with E-state index in [2.05, 4.69) is 0 Å². The van der Waals surface area contributed by atoms with Crippen LogP contribution in [0.25, 0.3) is 0 Å². The van der Waals surface area contributed by atoms with E-state index in [-0.39, 0.29) is 5.56 Å². The van der Waals surface area contributed by atoms with Crippen LogP contribution in [0.5, 0.6) is 0 Å². The average molecular weight is 219 g/mol. The molecule has 82 valence electrons. The number of benzene rings is 1. The monoisotopic (exact) mass is 219 g/mol. The molecule has 1 aliphatic carbocycles. The highest BCUT2D eigenvalue weighted by atomic mass is 19.3. The fourth-order valence-electron chi connectivity index (χ4n) is 1.95. The minimum absolute atomic E-state index is 0.0465. The molecule has 1 aromatic carbocycles. The second-order valence-corrected chi connectivity index (χ2v) is 3.99. The van der Waals surface area contributed by atoms with Gasteiger partial charge in [-0.1, -0.05) is 6.07 Å². The zero-order valence-electron chi connectivity index (χ0n) is 7.74. The molecule has 0 aliphatic heterocycles. The molecule has 5 heteroatoms. The summed E-state index contributed by atoms with van der Waals surface area (Å²) in [4.78, 5) is 0. The zero-order chi connectivity index (χ0) is 11.3. The summed E-state index contributed by atoms with van der Waals surface area (Å²) in [5, 5.41) is 0. The minimum Gasteiger partial charge on any atom is -0.321 e. The number of hydrogen-bond donors (Lipinski definition) is 1. The van der Waals surface area contributed by atoms with E-state index in [0.717, 1.165) is 12.1 Å². The summed E-state index contributed by atoms with van der Waals surface area (Å²) >= 11 is 0. The summed E-state index contributed by atoms with van der Waals surface area (Å²) < 4.78 is 51.1. The molecule has 0 atom stereocenters. The fraction of sp³-hybridized carbons (Fsp3) is 0.400. The van der Waals surface area contributed by atoms with E-state index >= 15 is 0 Å². The van der Waals surface area contributed by atoms with Crippen LogP contribution in [0.1, 0.15) is 18.4 Å². The van der Waals surface area contributed by atoms with Gasteiger partial charge in [0.2, 0.25) is 0 Å². The van der Waals surface area contributed by atoms with Gasteiger partial charge in [0.15, 0.2) is 0 Å². The van der Waals surface area contributed by atoms with Crippen molar-refractivity contribution in [3.05, 3.63) is 35.4 Å². The van der Waals surface area contributed by atoms with Gasteiger partial charge in [-0.15, -0.1) is 0 Å². The Morgan fingerprint density at radius 2 is 1.73 bits per heavy atom. The lowest BCUT2D eigenvalue weighted by Gasteiger charge is -2.44. The van der Waals surface area contributed by atoms with Crippen LogP contribution in [-0.2, 0) is 5.54 Å². The molecule has 1 nitrogen and oxygen atoms in total. The van der Waals surface area contributed by atoms with Crippen molar-refractivity contribution in [1.29, 1.82) is 0 Å². The predicted octanol–water partition coefficient (Wildman–Crippen LogP) is 2.55. The Labute approximate surface area is 83.9 Å². The average Bonchev–Trinajstić information content (AvgIpc) is 1.98. The third kappa shape index (κ3) is 1.71. The van der Waals surface area contributed by atoms with Crippen LogP contribution in [0.15, 0.2) is 18.2 Å². The first-order valence-electron chi connectivity index (χ1n) is 4.45. The lowest BCUT2D eigenvalue weighted by Crippen LogP contribution is -2.55. The molecule has 15 heavy (non-hydrogen) atoms. The second kappa shape index (κ2) is 2.95. The maximum absolute atomic E-state index is 13.3. The molecule has 2 rings (SSSR count). The molecule has 0 bridgehead atoms. The van der Waals surface area contributed by atoms with Crippen molar-refractivity contribution in [2.45, 2.75) is 24.3 Å². The molecule has 1 aromatic rings. The molecular formula is C10H9F4N. The SMILES string of the molecule is NC1(c2ccc(F)cc2F)CC(F)(F)C1. The normalized spacial score (nSPS) is 22.2. The van der Waals surface area contributed by atoms with Gasteiger partial charge in [0.05, 0.1) is 5.54 Å². The summed E-state index contributed by atoms with van der Waals surface area (Å²) in [6.07, 6.45) is -1.19. The molecular weight excluding hydrogens is 210 g/mol. The molecule has 1 saturated carbocycles. The first-order chi connectivity index (χ1) is 6.82. The second-order valence-electron chi connectivity index (χ2n) is 3.99. The molecule has 1 fully saturated rings. The Balaban J connectivity index is 2.32. The Kier molecular flexibility index (Phi) is 2.05. The van der Waals surface area contributed by atoms with Crippen molar-refractivity contribution in [2.75, 3.05) is 0 Å². The van der Waals surface area contributed by atoms with Crippen LogP contribution in [0.2, 0.25) is 0 Å². The maximum atomic E-state index is 13.3. The molecule has 0 heterocycles. The van der Waals surface area contributed by atoms with Gasteiger partial charge in [0.25, 0.3) is 5.92 Å². The van der Waals surface area contributed by atoms with E-state index in [1.165, 1.54) is 0 Å². The molecule has 0 amide bonds. The van der Waals surface area contributed by atoms with E-state index in [4.69, 9.17) is 5.73 Å². The van der Waals surface area contributed by atoms with E-state index in [9.17, 15) is 17.6 Å². The Morgan fingerprint density at radius 1 is 1.13 bits per heavy atom. The van der Waals surface area contributed by atoms with Gasteiger partial charge in [-0.05, 0) is 6.07 Å². The van der Waals surface area contributed by atoms with Gasteiger partial charge >= 0.3 is 0 Å². The third-order valence-electron chi connectivity index (χ3n) is 2.62. The summed E-state index contributed by atoms with van der Waals surface area (Å²) in [5.74, 6) is -4.45. The molecule has 0 saturated heterocycles. The molecule has 1 aliphatic rings. The van der Waals surface area contributed by atoms with Crippen LogP contribution in [0, 0.1) is 11.6 Å². The number of hydrogen-bond acceptors (Lipinski definition) is 1. The van der Waals surface area contributed by atoms with Crippen molar-refractivity contribution < 1.29 is 17.6 Å². The van der Waals surface area contributed by atoms with Gasteiger partial charge in [0.1, 0.15) is 11.6 Å². The van der Waals surface area contributed by atoms with Crippen LogP contribution in [-0.4, -0.2) is 5.92 Å². The highest BCUT2D eigenvalue weighted by molar-refractivity contribution is 5.30. The van der Waals surface area contributed by atoms with Crippen LogP contribution in [0.3, 0.4) is 0 Å². The first kappa shape index (κ1) is 10.4. The smallest absolute Gasteiger partial charge is 0.252 e.